The molecule has 0 aromatic heterocycles. The number of hydrogen-bond donors (Lipinski definition) is 1. The van der Waals surface area contributed by atoms with Crippen LogP contribution in [0.4, 0.5) is 5.69 Å². The standard InChI is InChI=1S/C22H25NO3/c1-3-26-20(24)18-12-9-13-19(16(18)2)23-21(25)22(14-7-8-15-22)17-10-5-4-6-11-17/h4-6,9-13H,3,7-8,14-15H2,1-2H3,(H,23,25). The molecule has 1 amide bonds. The van der Waals surface area contributed by atoms with Gasteiger partial charge < -0.3 is 10.1 Å². The third kappa shape index (κ3) is 3.36. The van der Waals surface area contributed by atoms with Crippen molar-refractivity contribution in [2.45, 2.75) is 44.9 Å². The molecule has 0 aliphatic heterocycles. The van der Waals surface area contributed by atoms with Crippen molar-refractivity contribution < 1.29 is 14.3 Å². The summed E-state index contributed by atoms with van der Waals surface area (Å²) in [4.78, 5) is 25.4. The van der Waals surface area contributed by atoms with E-state index in [0.29, 0.717) is 17.9 Å². The van der Waals surface area contributed by atoms with Crippen LogP contribution in [-0.4, -0.2) is 18.5 Å². The molecule has 26 heavy (non-hydrogen) atoms. The van der Waals surface area contributed by atoms with E-state index in [2.05, 4.69) is 5.32 Å². The normalized spacial score (nSPS) is 15.5. The van der Waals surface area contributed by atoms with Crippen LogP contribution in [0, 0.1) is 6.92 Å². The molecule has 2 aromatic rings. The van der Waals surface area contributed by atoms with Crippen molar-refractivity contribution in [3.8, 4) is 0 Å². The lowest BCUT2D eigenvalue weighted by Gasteiger charge is -2.29. The van der Waals surface area contributed by atoms with E-state index < -0.39 is 5.41 Å². The summed E-state index contributed by atoms with van der Waals surface area (Å²) < 4.78 is 5.11. The second kappa shape index (κ2) is 7.73. The quantitative estimate of drug-likeness (QED) is 0.800. The lowest BCUT2D eigenvalue weighted by molar-refractivity contribution is -0.121. The van der Waals surface area contributed by atoms with Gasteiger partial charge in [-0.2, -0.15) is 0 Å². The van der Waals surface area contributed by atoms with Crippen LogP contribution in [0.5, 0.6) is 0 Å². The Morgan fingerprint density at radius 1 is 1.04 bits per heavy atom. The zero-order chi connectivity index (χ0) is 18.6. The van der Waals surface area contributed by atoms with Gasteiger partial charge in [-0.05, 0) is 49.9 Å². The number of carbonyl (C=O) groups is 2. The number of nitrogens with one attached hydrogen (secondary N) is 1. The minimum absolute atomic E-state index is 0.00492. The lowest BCUT2D eigenvalue weighted by atomic mass is 9.78. The molecule has 4 heteroatoms. The van der Waals surface area contributed by atoms with E-state index in [4.69, 9.17) is 4.74 Å². The number of esters is 1. The Balaban J connectivity index is 1.90. The maximum Gasteiger partial charge on any atom is 0.338 e. The van der Waals surface area contributed by atoms with E-state index >= 15 is 0 Å². The SMILES string of the molecule is CCOC(=O)c1cccc(NC(=O)C2(c3ccccc3)CCCC2)c1C. The number of carbonyl (C=O) groups excluding carboxylic acids is 2. The summed E-state index contributed by atoms with van der Waals surface area (Å²) in [5.41, 5.74) is 2.47. The third-order valence-electron chi connectivity index (χ3n) is 5.30. The molecule has 0 radical (unpaired) electrons. The predicted octanol–water partition coefficient (Wildman–Crippen LogP) is 4.62. The van der Waals surface area contributed by atoms with Gasteiger partial charge in [-0.25, -0.2) is 4.79 Å². The van der Waals surface area contributed by atoms with Gasteiger partial charge >= 0.3 is 5.97 Å². The summed E-state index contributed by atoms with van der Waals surface area (Å²) in [5, 5.41) is 3.08. The summed E-state index contributed by atoms with van der Waals surface area (Å²) in [6.45, 7) is 3.94. The third-order valence-corrected chi connectivity index (χ3v) is 5.30. The Hall–Kier alpha value is -2.62. The fourth-order valence-corrected chi connectivity index (χ4v) is 3.83. The van der Waals surface area contributed by atoms with Gasteiger partial charge in [0.25, 0.3) is 0 Å². The number of hydrogen-bond acceptors (Lipinski definition) is 3. The van der Waals surface area contributed by atoms with Crippen LogP contribution in [-0.2, 0) is 14.9 Å². The molecule has 1 aliphatic carbocycles. The summed E-state index contributed by atoms with van der Waals surface area (Å²) >= 11 is 0. The highest BCUT2D eigenvalue weighted by atomic mass is 16.5. The molecule has 0 saturated heterocycles. The molecular weight excluding hydrogens is 326 g/mol. The second-order valence-corrected chi connectivity index (χ2v) is 6.81. The van der Waals surface area contributed by atoms with Gasteiger partial charge in [-0.1, -0.05) is 49.2 Å². The van der Waals surface area contributed by atoms with E-state index in [9.17, 15) is 9.59 Å². The first-order chi connectivity index (χ1) is 12.6. The van der Waals surface area contributed by atoms with Crippen molar-refractivity contribution in [2.75, 3.05) is 11.9 Å². The molecule has 0 atom stereocenters. The molecule has 0 heterocycles. The average Bonchev–Trinajstić information content (AvgIpc) is 3.15. The molecule has 0 unspecified atom stereocenters. The smallest absolute Gasteiger partial charge is 0.338 e. The highest BCUT2D eigenvalue weighted by Crippen LogP contribution is 2.42. The Kier molecular flexibility index (Phi) is 5.40. The average molecular weight is 351 g/mol. The van der Waals surface area contributed by atoms with E-state index in [0.717, 1.165) is 36.8 Å². The van der Waals surface area contributed by atoms with E-state index in [1.807, 2.05) is 43.3 Å². The summed E-state index contributed by atoms with van der Waals surface area (Å²) in [7, 11) is 0. The first-order valence-corrected chi connectivity index (χ1v) is 9.22. The van der Waals surface area contributed by atoms with Crippen LogP contribution >= 0.6 is 0 Å². The summed E-state index contributed by atoms with van der Waals surface area (Å²) in [6, 6.07) is 15.3. The molecule has 136 valence electrons. The van der Waals surface area contributed by atoms with Crippen molar-refractivity contribution in [1.29, 1.82) is 0 Å². The van der Waals surface area contributed by atoms with Gasteiger partial charge in [-0.15, -0.1) is 0 Å². The second-order valence-electron chi connectivity index (χ2n) is 6.81. The molecule has 2 aromatic carbocycles. The van der Waals surface area contributed by atoms with Crippen LogP contribution in [0.2, 0.25) is 0 Å². The van der Waals surface area contributed by atoms with Crippen LogP contribution in [0.15, 0.2) is 48.5 Å². The highest BCUT2D eigenvalue weighted by molar-refractivity contribution is 6.01. The van der Waals surface area contributed by atoms with E-state index in [1.54, 1.807) is 19.1 Å². The molecule has 4 nitrogen and oxygen atoms in total. The van der Waals surface area contributed by atoms with Crippen LogP contribution in [0.3, 0.4) is 0 Å². The van der Waals surface area contributed by atoms with E-state index in [1.165, 1.54) is 0 Å². The maximum atomic E-state index is 13.3. The van der Waals surface area contributed by atoms with Gasteiger partial charge in [0.1, 0.15) is 0 Å². The minimum atomic E-state index is -0.492. The number of rotatable bonds is 5. The first kappa shape index (κ1) is 18.2. The maximum absolute atomic E-state index is 13.3. The highest BCUT2D eigenvalue weighted by Gasteiger charge is 2.42. The van der Waals surface area contributed by atoms with Crippen LogP contribution in [0.1, 0.15) is 54.1 Å². The molecular formula is C22H25NO3. The minimum Gasteiger partial charge on any atom is -0.462 e. The van der Waals surface area contributed by atoms with Crippen molar-refractivity contribution in [3.05, 3.63) is 65.2 Å². The lowest BCUT2D eigenvalue weighted by Crippen LogP contribution is -2.38. The van der Waals surface area contributed by atoms with Crippen molar-refractivity contribution in [1.82, 2.24) is 0 Å². The van der Waals surface area contributed by atoms with Gasteiger partial charge in [-0.3, -0.25) is 4.79 Å². The monoisotopic (exact) mass is 351 g/mol. The van der Waals surface area contributed by atoms with Gasteiger partial charge in [0.2, 0.25) is 5.91 Å². The molecule has 1 fully saturated rings. The molecule has 1 N–H and O–H groups in total. The zero-order valence-electron chi connectivity index (χ0n) is 15.4. The van der Waals surface area contributed by atoms with Crippen LogP contribution in [0.25, 0.3) is 0 Å². The summed E-state index contributed by atoms with van der Waals surface area (Å²) in [5.74, 6) is -0.356. The van der Waals surface area contributed by atoms with Crippen molar-refractivity contribution in [3.63, 3.8) is 0 Å². The van der Waals surface area contributed by atoms with Crippen LogP contribution < -0.4 is 5.32 Å². The first-order valence-electron chi connectivity index (χ1n) is 9.22. The molecule has 0 bridgehead atoms. The Bertz CT molecular complexity index is 792. The molecule has 1 aliphatic rings. The fourth-order valence-electron chi connectivity index (χ4n) is 3.83. The Labute approximate surface area is 154 Å². The fraction of sp³-hybridized carbons (Fsp3) is 0.364. The number of benzene rings is 2. The van der Waals surface area contributed by atoms with Gasteiger partial charge in [0.05, 0.1) is 17.6 Å². The number of anilines is 1. The Morgan fingerprint density at radius 3 is 2.38 bits per heavy atom. The molecule has 1 saturated carbocycles. The number of amides is 1. The summed E-state index contributed by atoms with van der Waals surface area (Å²) in [6.07, 6.45) is 3.78. The number of ether oxygens (including phenoxy) is 1. The Morgan fingerprint density at radius 2 is 1.73 bits per heavy atom. The van der Waals surface area contributed by atoms with Crippen molar-refractivity contribution >= 4 is 17.6 Å². The van der Waals surface area contributed by atoms with Gasteiger partial charge in [0, 0.05) is 5.69 Å². The van der Waals surface area contributed by atoms with Crippen molar-refractivity contribution in [2.24, 2.45) is 0 Å². The van der Waals surface area contributed by atoms with Gasteiger partial charge in [0.15, 0.2) is 0 Å². The predicted molar refractivity (Wildman–Crippen MR) is 102 cm³/mol. The largest absolute Gasteiger partial charge is 0.462 e. The molecule has 3 rings (SSSR count). The topological polar surface area (TPSA) is 55.4 Å². The molecule has 0 spiro atoms. The van der Waals surface area contributed by atoms with E-state index in [-0.39, 0.29) is 11.9 Å². The zero-order valence-corrected chi connectivity index (χ0v) is 15.4.